The highest BCUT2D eigenvalue weighted by atomic mass is 15.2. The molecule has 88 valence electrons. The Balaban J connectivity index is 1.78. The standard InChI is InChI=1S/C12H25N3/c13-5-4-11-2-3-12(10-11)15-8-1-6-14-7-9-15/h11-12,14H,1-10,13H2. The summed E-state index contributed by atoms with van der Waals surface area (Å²) < 4.78 is 0. The van der Waals surface area contributed by atoms with E-state index in [1.54, 1.807) is 0 Å². The van der Waals surface area contributed by atoms with Gasteiger partial charge in [0.2, 0.25) is 0 Å². The van der Waals surface area contributed by atoms with E-state index < -0.39 is 0 Å². The van der Waals surface area contributed by atoms with E-state index in [9.17, 15) is 0 Å². The summed E-state index contributed by atoms with van der Waals surface area (Å²) in [5, 5.41) is 3.48. The van der Waals surface area contributed by atoms with Crippen LogP contribution >= 0.6 is 0 Å². The van der Waals surface area contributed by atoms with E-state index in [0.29, 0.717) is 0 Å². The van der Waals surface area contributed by atoms with E-state index in [0.717, 1.165) is 18.5 Å². The fourth-order valence-electron chi connectivity index (χ4n) is 3.11. The lowest BCUT2D eigenvalue weighted by Gasteiger charge is -2.27. The zero-order valence-corrected chi connectivity index (χ0v) is 9.75. The molecule has 2 fully saturated rings. The summed E-state index contributed by atoms with van der Waals surface area (Å²) >= 11 is 0. The van der Waals surface area contributed by atoms with E-state index in [1.165, 1.54) is 58.3 Å². The molecule has 0 amide bonds. The van der Waals surface area contributed by atoms with Gasteiger partial charge in [-0.3, -0.25) is 4.90 Å². The Morgan fingerprint density at radius 2 is 2.13 bits per heavy atom. The van der Waals surface area contributed by atoms with Crippen molar-refractivity contribution in [3.8, 4) is 0 Å². The molecular weight excluding hydrogens is 186 g/mol. The van der Waals surface area contributed by atoms with Crippen LogP contribution in [0.3, 0.4) is 0 Å². The Morgan fingerprint density at radius 3 is 3.00 bits per heavy atom. The Bertz CT molecular complexity index is 176. The lowest BCUT2D eigenvalue weighted by atomic mass is 10.0. The summed E-state index contributed by atoms with van der Waals surface area (Å²) in [4.78, 5) is 2.70. The van der Waals surface area contributed by atoms with Gasteiger partial charge < -0.3 is 11.1 Å². The van der Waals surface area contributed by atoms with Crippen molar-refractivity contribution in [1.29, 1.82) is 0 Å². The van der Waals surface area contributed by atoms with Crippen molar-refractivity contribution in [2.24, 2.45) is 11.7 Å². The topological polar surface area (TPSA) is 41.3 Å². The molecule has 3 N–H and O–H groups in total. The molecule has 0 radical (unpaired) electrons. The summed E-state index contributed by atoms with van der Waals surface area (Å²) in [6.45, 7) is 5.81. The lowest BCUT2D eigenvalue weighted by molar-refractivity contribution is 0.207. The second-order valence-electron chi connectivity index (χ2n) is 5.05. The third-order valence-corrected chi connectivity index (χ3v) is 3.98. The van der Waals surface area contributed by atoms with Crippen LogP contribution in [0.4, 0.5) is 0 Å². The van der Waals surface area contributed by atoms with E-state index in [2.05, 4.69) is 10.2 Å². The van der Waals surface area contributed by atoms with Crippen molar-refractivity contribution in [2.75, 3.05) is 32.7 Å². The van der Waals surface area contributed by atoms with Crippen LogP contribution < -0.4 is 11.1 Å². The SMILES string of the molecule is NCCC1CCC(N2CCCNCC2)C1. The number of hydrogen-bond donors (Lipinski definition) is 2. The van der Waals surface area contributed by atoms with Gasteiger partial charge in [-0.25, -0.2) is 0 Å². The van der Waals surface area contributed by atoms with Gasteiger partial charge in [0.1, 0.15) is 0 Å². The van der Waals surface area contributed by atoms with Crippen LogP contribution in [0, 0.1) is 5.92 Å². The summed E-state index contributed by atoms with van der Waals surface area (Å²) in [7, 11) is 0. The van der Waals surface area contributed by atoms with E-state index >= 15 is 0 Å². The molecule has 3 nitrogen and oxygen atoms in total. The number of nitrogens with zero attached hydrogens (tertiary/aromatic N) is 1. The lowest BCUT2D eigenvalue weighted by Crippen LogP contribution is -2.36. The fourth-order valence-corrected chi connectivity index (χ4v) is 3.11. The summed E-state index contributed by atoms with van der Waals surface area (Å²) in [5.74, 6) is 0.913. The number of hydrogen-bond acceptors (Lipinski definition) is 3. The zero-order chi connectivity index (χ0) is 10.5. The maximum absolute atomic E-state index is 5.63. The van der Waals surface area contributed by atoms with Crippen LogP contribution in [0.5, 0.6) is 0 Å². The smallest absolute Gasteiger partial charge is 0.0110 e. The van der Waals surface area contributed by atoms with Crippen molar-refractivity contribution in [3.63, 3.8) is 0 Å². The number of rotatable bonds is 3. The largest absolute Gasteiger partial charge is 0.330 e. The minimum atomic E-state index is 0.862. The molecule has 2 rings (SSSR count). The molecule has 3 heteroatoms. The Morgan fingerprint density at radius 1 is 1.20 bits per heavy atom. The minimum Gasteiger partial charge on any atom is -0.330 e. The fraction of sp³-hybridized carbons (Fsp3) is 1.00. The molecule has 2 unspecified atom stereocenters. The molecule has 0 bridgehead atoms. The molecule has 2 atom stereocenters. The average molecular weight is 211 g/mol. The zero-order valence-electron chi connectivity index (χ0n) is 9.75. The predicted octanol–water partition coefficient (Wildman–Crippen LogP) is 0.799. The molecule has 1 saturated heterocycles. The molecular formula is C12H25N3. The van der Waals surface area contributed by atoms with Gasteiger partial charge in [0.15, 0.2) is 0 Å². The van der Waals surface area contributed by atoms with E-state index in [1.807, 2.05) is 0 Å². The van der Waals surface area contributed by atoms with Crippen LogP contribution in [-0.4, -0.2) is 43.7 Å². The van der Waals surface area contributed by atoms with Gasteiger partial charge in [-0.2, -0.15) is 0 Å². The molecule has 15 heavy (non-hydrogen) atoms. The van der Waals surface area contributed by atoms with Crippen LogP contribution in [-0.2, 0) is 0 Å². The van der Waals surface area contributed by atoms with Crippen molar-refractivity contribution in [2.45, 2.75) is 38.1 Å². The highest BCUT2D eigenvalue weighted by Crippen LogP contribution is 2.31. The van der Waals surface area contributed by atoms with E-state index in [-0.39, 0.29) is 0 Å². The van der Waals surface area contributed by atoms with Crippen molar-refractivity contribution >= 4 is 0 Å². The molecule has 2 aliphatic rings. The molecule has 0 spiro atoms. The Kier molecular flexibility index (Phi) is 4.42. The Labute approximate surface area is 93.4 Å². The Hall–Kier alpha value is -0.120. The predicted molar refractivity (Wildman–Crippen MR) is 63.9 cm³/mol. The maximum atomic E-state index is 5.63. The molecule has 0 aromatic rings. The van der Waals surface area contributed by atoms with Crippen molar-refractivity contribution in [1.82, 2.24) is 10.2 Å². The molecule has 0 aromatic heterocycles. The quantitative estimate of drug-likeness (QED) is 0.725. The maximum Gasteiger partial charge on any atom is 0.0110 e. The average Bonchev–Trinajstić information content (AvgIpc) is 2.53. The molecule has 0 aromatic carbocycles. The minimum absolute atomic E-state index is 0.862. The first-order valence-electron chi connectivity index (χ1n) is 6.55. The third kappa shape index (κ3) is 3.16. The number of nitrogens with one attached hydrogen (secondary N) is 1. The first-order valence-corrected chi connectivity index (χ1v) is 6.55. The van der Waals surface area contributed by atoms with Gasteiger partial charge in [-0.15, -0.1) is 0 Å². The van der Waals surface area contributed by atoms with Crippen LogP contribution in [0.2, 0.25) is 0 Å². The molecule has 1 saturated carbocycles. The number of nitrogens with two attached hydrogens (primary N) is 1. The van der Waals surface area contributed by atoms with Gasteiger partial charge in [0.05, 0.1) is 0 Å². The first-order chi connectivity index (χ1) is 7.40. The molecule has 1 heterocycles. The highest BCUT2D eigenvalue weighted by molar-refractivity contribution is 4.84. The summed E-state index contributed by atoms with van der Waals surface area (Å²) in [5.41, 5.74) is 5.63. The van der Waals surface area contributed by atoms with Gasteiger partial charge in [0, 0.05) is 19.1 Å². The van der Waals surface area contributed by atoms with Gasteiger partial charge >= 0.3 is 0 Å². The summed E-state index contributed by atoms with van der Waals surface area (Å²) in [6.07, 6.45) is 6.77. The first kappa shape index (κ1) is 11.4. The van der Waals surface area contributed by atoms with Crippen LogP contribution in [0.25, 0.3) is 0 Å². The van der Waals surface area contributed by atoms with Crippen molar-refractivity contribution in [3.05, 3.63) is 0 Å². The highest BCUT2D eigenvalue weighted by Gasteiger charge is 2.28. The van der Waals surface area contributed by atoms with Gasteiger partial charge in [-0.1, -0.05) is 0 Å². The van der Waals surface area contributed by atoms with Crippen LogP contribution in [0.15, 0.2) is 0 Å². The second kappa shape index (κ2) is 5.83. The monoisotopic (exact) mass is 211 g/mol. The molecule has 1 aliphatic heterocycles. The molecule has 1 aliphatic carbocycles. The van der Waals surface area contributed by atoms with Crippen LogP contribution in [0.1, 0.15) is 32.1 Å². The third-order valence-electron chi connectivity index (χ3n) is 3.98. The van der Waals surface area contributed by atoms with Gasteiger partial charge in [-0.05, 0) is 57.7 Å². The van der Waals surface area contributed by atoms with Gasteiger partial charge in [0.25, 0.3) is 0 Å². The second-order valence-corrected chi connectivity index (χ2v) is 5.05. The summed E-state index contributed by atoms with van der Waals surface area (Å²) in [6, 6.07) is 0.862. The van der Waals surface area contributed by atoms with Crippen molar-refractivity contribution < 1.29 is 0 Å². The van der Waals surface area contributed by atoms with E-state index in [4.69, 9.17) is 5.73 Å². The normalized spacial score (nSPS) is 34.2.